The zero-order chi connectivity index (χ0) is 28.2. The Morgan fingerprint density at radius 1 is 1.02 bits per heavy atom. The lowest BCUT2D eigenvalue weighted by molar-refractivity contribution is -0.144. The molecule has 0 saturated carbocycles. The molecule has 1 aliphatic heterocycles. The van der Waals surface area contributed by atoms with Crippen LogP contribution in [0.5, 0.6) is 0 Å². The summed E-state index contributed by atoms with van der Waals surface area (Å²) >= 11 is 18.3. The number of nitrogens with zero attached hydrogens (tertiary/aromatic N) is 1. The van der Waals surface area contributed by atoms with Gasteiger partial charge in [-0.3, -0.25) is 14.4 Å². The number of aromatic nitrogens is 2. The normalized spacial score (nSPS) is 16.3. The Morgan fingerprint density at radius 2 is 1.80 bits per heavy atom. The van der Waals surface area contributed by atoms with Crippen molar-refractivity contribution in [3.63, 3.8) is 0 Å². The quantitative estimate of drug-likeness (QED) is 0.203. The van der Waals surface area contributed by atoms with E-state index >= 15 is 0 Å². The van der Waals surface area contributed by atoms with Crippen LogP contribution in [0, 0.1) is 0 Å². The first-order valence-electron chi connectivity index (χ1n) is 13.3. The van der Waals surface area contributed by atoms with Crippen LogP contribution in [0.15, 0.2) is 48.8 Å². The van der Waals surface area contributed by atoms with Crippen LogP contribution < -0.4 is 10.6 Å². The average Bonchev–Trinajstić information content (AvgIpc) is 3.56. The van der Waals surface area contributed by atoms with Crippen molar-refractivity contribution in [3.05, 3.63) is 70.0 Å². The Bertz CT molecular complexity index is 1550. The van der Waals surface area contributed by atoms with E-state index in [0.29, 0.717) is 36.0 Å². The van der Waals surface area contributed by atoms with Crippen LogP contribution in [0.25, 0.3) is 21.8 Å². The van der Waals surface area contributed by atoms with Crippen LogP contribution in [0.2, 0.25) is 10.0 Å². The van der Waals surface area contributed by atoms with Gasteiger partial charge in [0, 0.05) is 58.7 Å². The number of fused-ring (bicyclic) bond motifs is 2. The number of hydrogen-bond donors (Lipinski definition) is 4. The number of benzene rings is 2. The lowest BCUT2D eigenvalue weighted by atomic mass is 9.97. The minimum absolute atomic E-state index is 0.212. The first kappa shape index (κ1) is 28.3. The van der Waals surface area contributed by atoms with E-state index in [4.69, 9.17) is 34.8 Å². The minimum Gasteiger partial charge on any atom is -0.361 e. The van der Waals surface area contributed by atoms with Gasteiger partial charge in [-0.15, -0.1) is 11.6 Å². The van der Waals surface area contributed by atoms with Crippen molar-refractivity contribution >= 4 is 74.3 Å². The second kappa shape index (κ2) is 12.5. The molecule has 0 radical (unpaired) electrons. The minimum atomic E-state index is -0.848. The number of carbonyl (C=O) groups excluding carboxylic acids is 3. The van der Waals surface area contributed by atoms with Crippen LogP contribution in [-0.4, -0.2) is 63.6 Å². The number of hydrogen-bond acceptors (Lipinski definition) is 3. The van der Waals surface area contributed by atoms with Crippen molar-refractivity contribution in [1.82, 2.24) is 25.5 Å². The van der Waals surface area contributed by atoms with Gasteiger partial charge in [0.05, 0.1) is 5.02 Å². The lowest BCUT2D eigenvalue weighted by Gasteiger charge is -2.37. The maximum atomic E-state index is 13.8. The standard InChI is InChI=1S/C29H30Cl3N5O3/c30-14-26(38)36-24(11-18-16-34-22-6-2-1-5-20(18)22)29(40)37-10-4-3-7-25(37)28(39)33-9-8-17-15-35-23-13-19(31)12-21(32)27(17)23/h1-2,5-6,12-13,15-16,24-25,34-35H,3-4,7-11,14H2,(H,33,39)(H,36,38)/t24-,25-/m0/s1. The Kier molecular flexibility index (Phi) is 8.88. The van der Waals surface area contributed by atoms with Crippen molar-refractivity contribution in [1.29, 1.82) is 0 Å². The molecule has 1 saturated heterocycles. The van der Waals surface area contributed by atoms with Crippen molar-refractivity contribution in [3.8, 4) is 0 Å². The molecule has 3 amide bonds. The van der Waals surface area contributed by atoms with E-state index in [2.05, 4.69) is 20.6 Å². The highest BCUT2D eigenvalue weighted by molar-refractivity contribution is 6.38. The molecule has 0 unspecified atom stereocenters. The number of rotatable bonds is 9. The fraction of sp³-hybridized carbons (Fsp3) is 0.345. The smallest absolute Gasteiger partial charge is 0.246 e. The number of carbonyl (C=O) groups is 3. The Morgan fingerprint density at radius 3 is 2.62 bits per heavy atom. The maximum absolute atomic E-state index is 13.8. The largest absolute Gasteiger partial charge is 0.361 e. The lowest BCUT2D eigenvalue weighted by Crippen LogP contribution is -2.58. The maximum Gasteiger partial charge on any atom is 0.246 e. The summed E-state index contributed by atoms with van der Waals surface area (Å²) in [5.41, 5.74) is 3.65. The summed E-state index contributed by atoms with van der Waals surface area (Å²) in [5, 5.41) is 8.74. The van der Waals surface area contributed by atoms with E-state index in [1.807, 2.05) is 42.7 Å². The summed E-state index contributed by atoms with van der Waals surface area (Å²) < 4.78 is 0. The van der Waals surface area contributed by atoms with Gasteiger partial charge in [0.25, 0.3) is 0 Å². The number of likely N-dealkylation sites (tertiary alicyclic amines) is 1. The number of nitrogens with one attached hydrogen (secondary N) is 4. The number of piperidine rings is 1. The van der Waals surface area contributed by atoms with Gasteiger partial charge >= 0.3 is 0 Å². The molecule has 40 heavy (non-hydrogen) atoms. The first-order chi connectivity index (χ1) is 19.4. The van der Waals surface area contributed by atoms with Crippen molar-refractivity contribution < 1.29 is 14.4 Å². The summed E-state index contributed by atoms with van der Waals surface area (Å²) in [6, 6.07) is 9.83. The van der Waals surface area contributed by atoms with Crippen LogP contribution in [0.1, 0.15) is 30.4 Å². The van der Waals surface area contributed by atoms with E-state index in [-0.39, 0.29) is 24.1 Å². The molecule has 1 aliphatic rings. The Balaban J connectivity index is 1.28. The zero-order valence-electron chi connectivity index (χ0n) is 21.7. The molecule has 2 aromatic carbocycles. The second-order valence-electron chi connectivity index (χ2n) is 10.0. The van der Waals surface area contributed by atoms with Crippen LogP contribution >= 0.6 is 34.8 Å². The predicted octanol–water partition coefficient (Wildman–Crippen LogP) is 4.96. The van der Waals surface area contributed by atoms with E-state index < -0.39 is 18.0 Å². The van der Waals surface area contributed by atoms with Crippen LogP contribution in [-0.2, 0) is 27.2 Å². The van der Waals surface area contributed by atoms with Crippen LogP contribution in [0.4, 0.5) is 0 Å². The molecule has 1 fully saturated rings. The molecule has 5 rings (SSSR count). The van der Waals surface area contributed by atoms with E-state index in [9.17, 15) is 14.4 Å². The van der Waals surface area contributed by atoms with Gasteiger partial charge in [0.2, 0.25) is 17.7 Å². The van der Waals surface area contributed by atoms with Gasteiger partial charge in [0.1, 0.15) is 18.0 Å². The summed E-state index contributed by atoms with van der Waals surface area (Å²) in [6.45, 7) is 0.821. The topological polar surface area (TPSA) is 110 Å². The highest BCUT2D eigenvalue weighted by Gasteiger charge is 2.36. The molecule has 0 spiro atoms. The van der Waals surface area contributed by atoms with Gasteiger partial charge in [-0.05, 0) is 55.0 Å². The number of H-pyrrole nitrogens is 2. The average molecular weight is 603 g/mol. The Labute approximate surface area is 246 Å². The molecule has 4 N–H and O–H groups in total. The third kappa shape index (κ3) is 6.09. The molecule has 8 nitrogen and oxygen atoms in total. The fourth-order valence-electron chi connectivity index (χ4n) is 5.51. The summed E-state index contributed by atoms with van der Waals surface area (Å²) in [4.78, 5) is 47.5. The van der Waals surface area contributed by atoms with Gasteiger partial charge < -0.3 is 25.5 Å². The molecule has 3 heterocycles. The molecule has 210 valence electrons. The molecule has 2 aromatic heterocycles. The molecule has 11 heteroatoms. The van der Waals surface area contributed by atoms with Crippen molar-refractivity contribution in [2.45, 2.75) is 44.2 Å². The molecular formula is C29H30Cl3N5O3. The number of aromatic amines is 2. The van der Waals surface area contributed by atoms with E-state index in [0.717, 1.165) is 45.8 Å². The number of halogens is 3. The predicted molar refractivity (Wildman–Crippen MR) is 159 cm³/mol. The van der Waals surface area contributed by atoms with Crippen molar-refractivity contribution in [2.75, 3.05) is 19.0 Å². The third-order valence-electron chi connectivity index (χ3n) is 7.41. The molecule has 4 aromatic rings. The first-order valence-corrected chi connectivity index (χ1v) is 14.6. The highest BCUT2D eigenvalue weighted by Crippen LogP contribution is 2.30. The second-order valence-corrected chi connectivity index (χ2v) is 11.1. The van der Waals surface area contributed by atoms with Gasteiger partial charge in [-0.25, -0.2) is 0 Å². The molecule has 0 bridgehead atoms. The highest BCUT2D eigenvalue weighted by atomic mass is 35.5. The van der Waals surface area contributed by atoms with E-state index in [1.54, 1.807) is 11.0 Å². The summed E-state index contributed by atoms with van der Waals surface area (Å²) in [5.74, 6) is -1.19. The summed E-state index contributed by atoms with van der Waals surface area (Å²) in [6.07, 6.45) is 6.73. The SMILES string of the molecule is O=C(CCl)N[C@@H](Cc1c[nH]c2ccccc12)C(=O)N1CCCC[C@H]1C(=O)NCCc1c[nH]c2cc(Cl)cc(Cl)c12. The fourth-order valence-corrected chi connectivity index (χ4v) is 6.20. The number of alkyl halides is 1. The number of para-hydroxylation sites is 1. The number of amides is 3. The van der Waals surface area contributed by atoms with Gasteiger partial charge in [-0.2, -0.15) is 0 Å². The van der Waals surface area contributed by atoms with Gasteiger partial charge in [0.15, 0.2) is 0 Å². The molecule has 0 aliphatic carbocycles. The third-order valence-corrected chi connectivity index (χ3v) is 8.17. The monoisotopic (exact) mass is 601 g/mol. The van der Waals surface area contributed by atoms with Crippen molar-refractivity contribution in [2.24, 2.45) is 0 Å². The van der Waals surface area contributed by atoms with E-state index in [1.165, 1.54) is 0 Å². The molecular weight excluding hydrogens is 573 g/mol. The van der Waals surface area contributed by atoms with Crippen LogP contribution in [0.3, 0.4) is 0 Å². The molecule has 2 atom stereocenters. The Hall–Kier alpha value is -3.20. The summed E-state index contributed by atoms with van der Waals surface area (Å²) in [7, 11) is 0. The zero-order valence-corrected chi connectivity index (χ0v) is 24.0. The van der Waals surface area contributed by atoms with Gasteiger partial charge in [-0.1, -0.05) is 41.4 Å².